The smallest absolute Gasteiger partial charge is 0.364 e. The lowest BCUT2D eigenvalue weighted by atomic mass is 9.85. The number of hydrogen-bond donors (Lipinski definition) is 1. The third-order valence-corrected chi connectivity index (χ3v) is 3.58. The summed E-state index contributed by atoms with van der Waals surface area (Å²) in [7, 11) is 0. The minimum atomic E-state index is -4.29. The Kier molecular flexibility index (Phi) is 3.08. The second kappa shape index (κ2) is 4.29. The summed E-state index contributed by atoms with van der Waals surface area (Å²) in [5.74, 6) is -0.761. The molecule has 100 valence electrons. The third-order valence-electron chi connectivity index (χ3n) is 3.58. The van der Waals surface area contributed by atoms with Crippen molar-refractivity contribution in [3.63, 3.8) is 0 Å². The van der Waals surface area contributed by atoms with E-state index in [0.717, 1.165) is 4.68 Å². The fourth-order valence-electron chi connectivity index (χ4n) is 2.54. The Labute approximate surface area is 102 Å². The number of hydrogen-bond acceptors (Lipinski definition) is 2. The molecule has 7 heteroatoms. The van der Waals surface area contributed by atoms with Crippen LogP contribution < -0.4 is 5.73 Å². The second-order valence-electron chi connectivity index (χ2n) is 4.72. The number of carbonyl (C=O) groups is 1. The van der Waals surface area contributed by atoms with E-state index in [1.165, 1.54) is 12.3 Å². The van der Waals surface area contributed by atoms with Crippen molar-refractivity contribution < 1.29 is 18.0 Å². The van der Waals surface area contributed by atoms with E-state index in [0.29, 0.717) is 12.8 Å². The summed E-state index contributed by atoms with van der Waals surface area (Å²) < 4.78 is 40.6. The van der Waals surface area contributed by atoms with E-state index in [1.54, 1.807) is 0 Å². The van der Waals surface area contributed by atoms with Crippen LogP contribution in [-0.2, 0) is 6.54 Å². The molecule has 2 N–H and O–H groups in total. The highest BCUT2D eigenvalue weighted by atomic mass is 19.4. The van der Waals surface area contributed by atoms with E-state index in [-0.39, 0.29) is 25.1 Å². The normalized spacial score (nSPS) is 19.1. The highest BCUT2D eigenvalue weighted by Gasteiger charge is 2.56. The molecule has 0 unspecified atom stereocenters. The van der Waals surface area contributed by atoms with Crippen molar-refractivity contribution in [2.75, 3.05) is 0 Å². The first kappa shape index (κ1) is 12.9. The lowest BCUT2D eigenvalue weighted by Crippen LogP contribution is -2.40. The van der Waals surface area contributed by atoms with E-state index in [1.807, 2.05) is 0 Å². The minimum absolute atomic E-state index is 0.0190. The van der Waals surface area contributed by atoms with Gasteiger partial charge in [-0.05, 0) is 18.9 Å². The van der Waals surface area contributed by atoms with Crippen LogP contribution >= 0.6 is 0 Å². The molecule has 0 aromatic carbocycles. The third kappa shape index (κ3) is 2.09. The van der Waals surface area contributed by atoms with Crippen LogP contribution in [0.15, 0.2) is 12.3 Å². The number of aromatic nitrogens is 2. The number of amides is 1. The largest absolute Gasteiger partial charge is 0.396 e. The van der Waals surface area contributed by atoms with Gasteiger partial charge in [-0.2, -0.15) is 18.3 Å². The average Bonchev–Trinajstić information content (AvgIpc) is 2.86. The molecule has 0 aliphatic heterocycles. The van der Waals surface area contributed by atoms with Crippen molar-refractivity contribution in [1.82, 2.24) is 9.78 Å². The molecule has 4 nitrogen and oxygen atoms in total. The molecule has 2 rings (SSSR count). The molecule has 1 saturated carbocycles. The zero-order chi connectivity index (χ0) is 13.4. The number of carbonyl (C=O) groups excluding carboxylic acids is 1. The molecule has 0 radical (unpaired) electrons. The van der Waals surface area contributed by atoms with Gasteiger partial charge in [0.05, 0.1) is 12.0 Å². The van der Waals surface area contributed by atoms with E-state index in [4.69, 9.17) is 5.73 Å². The van der Waals surface area contributed by atoms with E-state index >= 15 is 0 Å². The molecule has 0 spiro atoms. The molecule has 1 amide bonds. The summed E-state index contributed by atoms with van der Waals surface area (Å²) in [5, 5.41) is 3.78. The summed E-state index contributed by atoms with van der Waals surface area (Å²) in [5.41, 5.74) is 3.35. The van der Waals surface area contributed by atoms with Gasteiger partial charge in [0.1, 0.15) is 5.69 Å². The van der Waals surface area contributed by atoms with E-state index in [2.05, 4.69) is 5.10 Å². The second-order valence-corrected chi connectivity index (χ2v) is 4.72. The molecule has 1 heterocycles. The number of nitrogens with two attached hydrogens (primary N) is 1. The van der Waals surface area contributed by atoms with Gasteiger partial charge in [-0.15, -0.1) is 0 Å². The van der Waals surface area contributed by atoms with Gasteiger partial charge in [0.15, 0.2) is 0 Å². The molecule has 1 aliphatic carbocycles. The summed E-state index contributed by atoms with van der Waals surface area (Å²) in [6.45, 7) is -0.332. The van der Waals surface area contributed by atoms with Crippen molar-refractivity contribution in [2.24, 2.45) is 11.1 Å². The van der Waals surface area contributed by atoms with E-state index < -0.39 is 17.5 Å². The van der Waals surface area contributed by atoms with Crippen LogP contribution in [0.4, 0.5) is 13.2 Å². The first-order chi connectivity index (χ1) is 8.36. The Morgan fingerprint density at radius 2 is 2.06 bits per heavy atom. The van der Waals surface area contributed by atoms with Crippen LogP contribution in [0.3, 0.4) is 0 Å². The Morgan fingerprint density at radius 1 is 1.44 bits per heavy atom. The Bertz CT molecular complexity index is 447. The number of halogens is 3. The van der Waals surface area contributed by atoms with Gasteiger partial charge in [-0.1, -0.05) is 12.8 Å². The standard InChI is InChI=1S/C11H14F3N3O/c12-11(13,14)10(4-1-2-5-10)7-17-8(9(15)18)3-6-16-17/h3,6H,1-2,4-5,7H2,(H2,15,18). The molecule has 0 bridgehead atoms. The Hall–Kier alpha value is -1.53. The first-order valence-electron chi connectivity index (χ1n) is 5.74. The summed E-state index contributed by atoms with van der Waals surface area (Å²) >= 11 is 0. The molecule has 1 fully saturated rings. The van der Waals surface area contributed by atoms with Gasteiger partial charge in [0, 0.05) is 6.20 Å². The first-order valence-corrected chi connectivity index (χ1v) is 5.74. The highest BCUT2D eigenvalue weighted by Crippen LogP contribution is 2.51. The monoisotopic (exact) mass is 261 g/mol. The fraction of sp³-hybridized carbons (Fsp3) is 0.636. The molecule has 0 saturated heterocycles. The molecule has 18 heavy (non-hydrogen) atoms. The van der Waals surface area contributed by atoms with Crippen LogP contribution in [-0.4, -0.2) is 21.9 Å². The lowest BCUT2D eigenvalue weighted by molar-refractivity contribution is -0.227. The number of rotatable bonds is 3. The topological polar surface area (TPSA) is 60.9 Å². The van der Waals surface area contributed by atoms with Gasteiger partial charge in [0.25, 0.3) is 5.91 Å². The number of alkyl halides is 3. The molecular weight excluding hydrogens is 247 g/mol. The van der Waals surface area contributed by atoms with Crippen molar-refractivity contribution in [3.05, 3.63) is 18.0 Å². The predicted octanol–water partition coefficient (Wildman–Crippen LogP) is 2.10. The van der Waals surface area contributed by atoms with Gasteiger partial charge < -0.3 is 5.73 Å². The summed E-state index contributed by atoms with van der Waals surface area (Å²) in [6.07, 6.45) is -1.74. The SMILES string of the molecule is NC(=O)c1ccnn1CC1(C(F)(F)F)CCCC1. The predicted molar refractivity (Wildman–Crippen MR) is 57.7 cm³/mol. The van der Waals surface area contributed by atoms with Gasteiger partial charge >= 0.3 is 6.18 Å². The zero-order valence-electron chi connectivity index (χ0n) is 9.70. The number of primary amides is 1. The molecular formula is C11H14F3N3O. The van der Waals surface area contributed by atoms with Gasteiger partial charge in [0.2, 0.25) is 0 Å². The van der Waals surface area contributed by atoms with Crippen LogP contribution in [0.2, 0.25) is 0 Å². The average molecular weight is 261 g/mol. The van der Waals surface area contributed by atoms with Crippen LogP contribution in [0.1, 0.15) is 36.2 Å². The van der Waals surface area contributed by atoms with Crippen LogP contribution in [0, 0.1) is 5.41 Å². The maximum atomic E-state index is 13.2. The maximum absolute atomic E-state index is 13.2. The van der Waals surface area contributed by atoms with Gasteiger partial charge in [-0.25, -0.2) is 0 Å². The molecule has 1 aliphatic rings. The van der Waals surface area contributed by atoms with Crippen LogP contribution in [0.5, 0.6) is 0 Å². The summed E-state index contributed by atoms with van der Waals surface area (Å²) in [6, 6.07) is 1.33. The molecule has 1 aromatic rings. The Balaban J connectivity index is 2.30. The fourth-order valence-corrected chi connectivity index (χ4v) is 2.54. The quantitative estimate of drug-likeness (QED) is 0.905. The molecule has 1 aromatic heterocycles. The minimum Gasteiger partial charge on any atom is -0.364 e. The van der Waals surface area contributed by atoms with Crippen molar-refractivity contribution in [1.29, 1.82) is 0 Å². The Morgan fingerprint density at radius 3 is 2.56 bits per heavy atom. The van der Waals surface area contributed by atoms with Gasteiger partial charge in [-0.3, -0.25) is 9.48 Å². The number of nitrogens with zero attached hydrogens (tertiary/aromatic N) is 2. The van der Waals surface area contributed by atoms with Crippen LogP contribution in [0.25, 0.3) is 0 Å². The highest BCUT2D eigenvalue weighted by molar-refractivity contribution is 5.90. The zero-order valence-corrected chi connectivity index (χ0v) is 9.70. The maximum Gasteiger partial charge on any atom is 0.396 e. The van der Waals surface area contributed by atoms with Crippen molar-refractivity contribution in [3.8, 4) is 0 Å². The lowest BCUT2D eigenvalue weighted by Gasteiger charge is -2.31. The summed E-state index contributed by atoms with van der Waals surface area (Å²) in [4.78, 5) is 11.1. The van der Waals surface area contributed by atoms with Crippen molar-refractivity contribution >= 4 is 5.91 Å². The van der Waals surface area contributed by atoms with E-state index in [9.17, 15) is 18.0 Å². The molecule has 0 atom stereocenters. The van der Waals surface area contributed by atoms with Crippen molar-refractivity contribution in [2.45, 2.75) is 38.4 Å².